The Morgan fingerprint density at radius 3 is 2.39 bits per heavy atom. The summed E-state index contributed by atoms with van der Waals surface area (Å²) in [6.45, 7) is -0.550. The third-order valence-electron chi connectivity index (χ3n) is 8.85. The van der Waals surface area contributed by atoms with Gasteiger partial charge in [0.2, 0.25) is 11.8 Å². The van der Waals surface area contributed by atoms with Crippen molar-refractivity contribution in [1.82, 2.24) is 30.8 Å². The van der Waals surface area contributed by atoms with Gasteiger partial charge in [-0.3, -0.25) is 28.5 Å². The van der Waals surface area contributed by atoms with E-state index in [2.05, 4.69) is 39.4 Å². The number of aliphatic hydroxyl groups excluding tert-OH is 1. The zero-order valence-corrected chi connectivity index (χ0v) is 33.4. The van der Waals surface area contributed by atoms with Gasteiger partial charge < -0.3 is 50.7 Å². The first-order valence-corrected chi connectivity index (χ1v) is 23.2. The van der Waals surface area contributed by atoms with Crippen molar-refractivity contribution in [3.05, 3.63) is 38.7 Å². The number of nitrogens with one attached hydrogen (secondary N) is 5. The van der Waals surface area contributed by atoms with Crippen molar-refractivity contribution in [2.24, 2.45) is 0 Å². The second-order valence-corrected chi connectivity index (χ2v) is 18.9. The highest BCUT2D eigenvalue weighted by Crippen LogP contribution is 2.66. The van der Waals surface area contributed by atoms with Crippen LogP contribution in [0.2, 0.25) is 0 Å². The number of carbonyl (C=O) groups excluding carboxylic acids is 3. The summed E-state index contributed by atoms with van der Waals surface area (Å²) in [5.74, 6) is 0.681. The molecule has 10 N–H and O–H groups in total. The maximum Gasteiger partial charge on any atom is 0.490 e. The molecule has 0 radical (unpaired) electrons. The number of rotatable bonds is 22. The molecule has 4 heterocycles. The van der Waals surface area contributed by atoms with Gasteiger partial charge >= 0.3 is 35.2 Å². The molecule has 4 rings (SSSR count). The van der Waals surface area contributed by atoms with Crippen LogP contribution in [0.5, 0.6) is 0 Å². The second-order valence-electron chi connectivity index (χ2n) is 13.2. The van der Waals surface area contributed by atoms with Crippen molar-refractivity contribution in [3.63, 3.8) is 0 Å². The van der Waals surface area contributed by atoms with Crippen LogP contribution in [0, 0.1) is 0 Å². The van der Waals surface area contributed by atoms with E-state index < -0.39 is 59.6 Å². The molecule has 3 aliphatic rings. The molecule has 1 aromatic rings. The SMILES string of the molecule is O=C(CCCCCNC(=O)CCCCC1SCC2NC(=O)NC21)NC/C=C/c1cn(C2COC(COP(=O)(O)OP(=O)(O)OP(=O)(O)O)C(O)C2)c(=O)[nH]c1=O. The Morgan fingerprint density at radius 1 is 0.964 bits per heavy atom. The summed E-state index contributed by atoms with van der Waals surface area (Å²) in [5.41, 5.74) is -1.49. The standard InChI is InChI=1S/C29H47N6O17P3S/c36-21-13-19(15-49-22(21)16-50-54(45,46)52-55(47,48)51-53(42,43)44)35-14-18(27(39)34-29(35)41)7-6-12-31-24(37)9-2-1-5-11-30-25(38)10-4-3-8-23-26-20(17-56-23)32-28(40)33-26/h6-7,14,19-23,26,36H,1-5,8-13,15-17H2,(H,30,38)(H,31,37)(H,45,46)(H,47,48)(H2,32,33,40)(H,34,39,41)(H2,42,43,44)/b7-6+. The molecule has 0 bridgehead atoms. The van der Waals surface area contributed by atoms with Gasteiger partial charge in [0.25, 0.3) is 5.56 Å². The summed E-state index contributed by atoms with van der Waals surface area (Å²) in [4.78, 5) is 99.1. The minimum atomic E-state index is -5.74. The van der Waals surface area contributed by atoms with Crippen LogP contribution < -0.4 is 32.5 Å². The number of phosphoric acid groups is 3. The largest absolute Gasteiger partial charge is 0.490 e. The molecule has 0 saturated carbocycles. The number of amides is 4. The van der Waals surface area contributed by atoms with Gasteiger partial charge in [-0.1, -0.05) is 25.0 Å². The minimum Gasteiger partial charge on any atom is -0.390 e. The second kappa shape index (κ2) is 20.8. The first-order valence-electron chi connectivity index (χ1n) is 17.6. The van der Waals surface area contributed by atoms with Gasteiger partial charge in [-0.25, -0.2) is 23.3 Å². The monoisotopic (exact) mass is 876 g/mol. The fraction of sp³-hybridized carbons (Fsp3) is 0.690. The molecule has 0 aromatic carbocycles. The highest BCUT2D eigenvalue weighted by atomic mass is 32.2. The molecular formula is C29H47N6O17P3S. The molecule has 4 amide bonds. The van der Waals surface area contributed by atoms with E-state index in [1.807, 2.05) is 11.8 Å². The lowest BCUT2D eigenvalue weighted by atomic mass is 10.0. The lowest BCUT2D eigenvalue weighted by molar-refractivity contribution is -0.122. The first kappa shape index (κ1) is 46.0. The summed E-state index contributed by atoms with van der Waals surface area (Å²) in [6, 6.07) is -0.582. The van der Waals surface area contributed by atoms with E-state index in [4.69, 9.17) is 14.5 Å². The van der Waals surface area contributed by atoms with Crippen molar-refractivity contribution in [2.45, 2.75) is 93.4 Å². The predicted octanol–water partition coefficient (Wildman–Crippen LogP) is 0.103. The summed E-state index contributed by atoms with van der Waals surface area (Å²) >= 11 is 1.85. The van der Waals surface area contributed by atoms with E-state index in [0.717, 1.165) is 42.4 Å². The molecule has 1 aromatic heterocycles. The Balaban J connectivity index is 1.09. The van der Waals surface area contributed by atoms with Gasteiger partial charge in [-0.2, -0.15) is 20.4 Å². The average Bonchev–Trinajstić information content (AvgIpc) is 3.64. The molecule has 0 spiro atoms. The summed E-state index contributed by atoms with van der Waals surface area (Å²) < 4.78 is 52.5. The molecule has 27 heteroatoms. The lowest BCUT2D eigenvalue weighted by Gasteiger charge is -2.34. The van der Waals surface area contributed by atoms with Gasteiger partial charge in [0.1, 0.15) is 6.10 Å². The number of ether oxygens (including phenoxy) is 1. The number of phosphoric ester groups is 1. The van der Waals surface area contributed by atoms with Crippen molar-refractivity contribution >= 4 is 59.2 Å². The number of unbranched alkanes of at least 4 members (excludes halogenated alkanes) is 3. The molecule has 0 aliphatic carbocycles. The van der Waals surface area contributed by atoms with Gasteiger partial charge in [-0.15, -0.1) is 0 Å². The normalized spacial score (nSPS) is 25.8. The van der Waals surface area contributed by atoms with E-state index in [1.54, 1.807) is 0 Å². The summed E-state index contributed by atoms with van der Waals surface area (Å²) in [6.07, 6.45) is 6.59. The molecule has 3 fully saturated rings. The lowest BCUT2D eigenvalue weighted by Crippen LogP contribution is -2.45. The molecule has 3 aliphatic heterocycles. The Morgan fingerprint density at radius 2 is 1.68 bits per heavy atom. The zero-order chi connectivity index (χ0) is 41.1. The summed E-state index contributed by atoms with van der Waals surface area (Å²) in [7, 11) is -16.8. The van der Waals surface area contributed by atoms with E-state index in [-0.39, 0.29) is 61.5 Å². The van der Waals surface area contributed by atoms with Crippen molar-refractivity contribution in [2.75, 3.05) is 32.1 Å². The molecule has 3 saturated heterocycles. The van der Waals surface area contributed by atoms with Crippen LogP contribution in [0.25, 0.3) is 6.08 Å². The molecule has 23 nitrogen and oxygen atoms in total. The van der Waals surface area contributed by atoms with Gasteiger partial charge in [0.05, 0.1) is 43.0 Å². The van der Waals surface area contributed by atoms with Crippen LogP contribution in [0.15, 0.2) is 21.9 Å². The van der Waals surface area contributed by atoms with E-state index >= 15 is 0 Å². The highest BCUT2D eigenvalue weighted by Gasteiger charge is 2.43. The van der Waals surface area contributed by atoms with E-state index in [9.17, 15) is 52.6 Å². The quantitative estimate of drug-likeness (QED) is 0.0419. The predicted molar refractivity (Wildman–Crippen MR) is 198 cm³/mol. The zero-order valence-electron chi connectivity index (χ0n) is 29.9. The number of fused-ring (bicyclic) bond motifs is 1. The fourth-order valence-corrected chi connectivity index (χ4v) is 10.8. The molecular weight excluding hydrogens is 829 g/mol. The average molecular weight is 877 g/mol. The van der Waals surface area contributed by atoms with Crippen LogP contribution in [0.1, 0.15) is 69.4 Å². The number of aromatic amines is 1. The highest BCUT2D eigenvalue weighted by molar-refractivity contribution is 8.00. The number of hydrogen-bond acceptors (Lipinski definition) is 14. The third kappa shape index (κ3) is 15.2. The third-order valence-corrected chi connectivity index (χ3v) is 14.2. The number of hydrogen-bond donors (Lipinski definition) is 10. The van der Waals surface area contributed by atoms with Crippen LogP contribution >= 0.6 is 35.2 Å². The van der Waals surface area contributed by atoms with Crippen LogP contribution in [-0.4, -0.2) is 114 Å². The molecule has 56 heavy (non-hydrogen) atoms. The maximum absolute atomic E-state index is 12.5. The van der Waals surface area contributed by atoms with Gasteiger partial charge in [0.15, 0.2) is 0 Å². The van der Waals surface area contributed by atoms with Crippen molar-refractivity contribution in [1.29, 1.82) is 0 Å². The smallest absolute Gasteiger partial charge is 0.390 e. The number of thioether (sulfide) groups is 1. The fourth-order valence-electron chi connectivity index (χ4n) is 6.18. The van der Waals surface area contributed by atoms with Crippen molar-refractivity contribution < 1.29 is 70.6 Å². The number of aromatic nitrogens is 2. The minimum absolute atomic E-state index is 0.0106. The topological polar surface area (TPSA) is 343 Å². The Kier molecular flexibility index (Phi) is 17.1. The van der Waals surface area contributed by atoms with E-state index in [0.29, 0.717) is 24.6 Å². The van der Waals surface area contributed by atoms with Crippen LogP contribution in [-0.2, 0) is 41.2 Å². The number of urea groups is 1. The summed E-state index contributed by atoms with van der Waals surface area (Å²) in [5, 5.41) is 22.4. The molecule has 316 valence electrons. The Bertz CT molecular complexity index is 1840. The maximum atomic E-state index is 12.5. The number of carbonyl (C=O) groups is 3. The van der Waals surface area contributed by atoms with Crippen LogP contribution in [0.4, 0.5) is 4.79 Å². The van der Waals surface area contributed by atoms with Gasteiger partial charge in [-0.05, 0) is 32.1 Å². The number of H-pyrrole nitrogens is 1. The number of nitrogens with zero attached hydrogens (tertiary/aromatic N) is 1. The Labute approximate surface area is 324 Å². The van der Waals surface area contributed by atoms with Crippen molar-refractivity contribution in [3.8, 4) is 0 Å². The first-order chi connectivity index (χ1) is 26.3. The van der Waals surface area contributed by atoms with Gasteiger partial charge in [0, 0.05) is 43.1 Å². The molecule has 8 atom stereocenters. The number of aliphatic hydroxyl groups is 1. The van der Waals surface area contributed by atoms with Crippen LogP contribution in [0.3, 0.4) is 0 Å². The van der Waals surface area contributed by atoms with E-state index in [1.165, 1.54) is 18.3 Å². The molecule has 8 unspecified atom stereocenters. The Hall–Kier alpha value is -2.69.